The molecule has 0 bridgehead atoms. The maximum atomic E-state index is 11.9. The van der Waals surface area contributed by atoms with Gasteiger partial charge in [-0.15, -0.1) is 0 Å². The van der Waals surface area contributed by atoms with Crippen molar-refractivity contribution < 1.29 is 28.2 Å². The maximum Gasteiger partial charge on any atom is 0.379 e. The smallest absolute Gasteiger partial charge is 0.379 e. The molecule has 0 saturated carbocycles. The van der Waals surface area contributed by atoms with Gasteiger partial charge in [-0.2, -0.15) is 0 Å². The van der Waals surface area contributed by atoms with E-state index >= 15 is 0 Å². The SMILES string of the molecule is COc1cc(C=O)cc(OC)c1OC(=O)c1ccco1. The number of ether oxygens (including phenoxy) is 3. The molecule has 0 aliphatic carbocycles. The molecule has 1 heterocycles. The summed E-state index contributed by atoms with van der Waals surface area (Å²) in [6.07, 6.45) is 2.00. The molecule has 0 amide bonds. The Morgan fingerprint density at radius 1 is 1.20 bits per heavy atom. The quantitative estimate of drug-likeness (QED) is 0.474. The van der Waals surface area contributed by atoms with E-state index in [2.05, 4.69) is 0 Å². The van der Waals surface area contributed by atoms with Gasteiger partial charge in [0, 0.05) is 5.56 Å². The van der Waals surface area contributed by atoms with Crippen LogP contribution in [0.4, 0.5) is 0 Å². The molecule has 1 aromatic heterocycles. The van der Waals surface area contributed by atoms with E-state index in [1.807, 2.05) is 0 Å². The summed E-state index contributed by atoms with van der Waals surface area (Å²) in [4.78, 5) is 22.7. The van der Waals surface area contributed by atoms with Crippen molar-refractivity contribution >= 4 is 12.3 Å². The lowest BCUT2D eigenvalue weighted by Crippen LogP contribution is -2.09. The summed E-state index contributed by atoms with van der Waals surface area (Å²) >= 11 is 0. The topological polar surface area (TPSA) is 75.0 Å². The molecular weight excluding hydrogens is 264 g/mol. The molecule has 0 radical (unpaired) electrons. The summed E-state index contributed by atoms with van der Waals surface area (Å²) in [6, 6.07) is 5.93. The van der Waals surface area contributed by atoms with Crippen molar-refractivity contribution in [2.45, 2.75) is 0 Å². The molecule has 1 aromatic carbocycles. The van der Waals surface area contributed by atoms with Crippen molar-refractivity contribution in [1.82, 2.24) is 0 Å². The molecule has 6 nitrogen and oxygen atoms in total. The van der Waals surface area contributed by atoms with E-state index in [4.69, 9.17) is 18.6 Å². The molecule has 0 aliphatic rings. The summed E-state index contributed by atoms with van der Waals surface area (Å²) in [5, 5.41) is 0. The zero-order chi connectivity index (χ0) is 14.5. The van der Waals surface area contributed by atoms with Crippen molar-refractivity contribution in [3.63, 3.8) is 0 Å². The van der Waals surface area contributed by atoms with E-state index < -0.39 is 5.97 Å². The molecule has 6 heteroatoms. The number of benzene rings is 1. The highest BCUT2D eigenvalue weighted by molar-refractivity contribution is 5.89. The largest absolute Gasteiger partial charge is 0.493 e. The Balaban J connectivity index is 2.39. The van der Waals surface area contributed by atoms with Crippen LogP contribution in [0, 0.1) is 0 Å². The molecule has 0 aliphatic heterocycles. The minimum absolute atomic E-state index is 0.0496. The molecule has 20 heavy (non-hydrogen) atoms. The van der Waals surface area contributed by atoms with Gasteiger partial charge in [0.1, 0.15) is 6.29 Å². The number of carbonyl (C=O) groups excluding carboxylic acids is 2. The number of furan rings is 1. The number of esters is 1. The zero-order valence-corrected chi connectivity index (χ0v) is 10.9. The highest BCUT2D eigenvalue weighted by Crippen LogP contribution is 2.38. The van der Waals surface area contributed by atoms with Gasteiger partial charge in [-0.3, -0.25) is 4.79 Å². The van der Waals surface area contributed by atoms with Crippen molar-refractivity contribution in [1.29, 1.82) is 0 Å². The second kappa shape index (κ2) is 5.92. The predicted molar refractivity (Wildman–Crippen MR) is 68.6 cm³/mol. The van der Waals surface area contributed by atoms with Crippen LogP contribution >= 0.6 is 0 Å². The standard InChI is InChI=1S/C14H12O6/c1-17-11-6-9(8-15)7-12(18-2)13(11)20-14(16)10-4-3-5-19-10/h3-8H,1-2H3. The minimum Gasteiger partial charge on any atom is -0.493 e. The third-order valence-corrected chi connectivity index (χ3v) is 2.54. The van der Waals surface area contributed by atoms with Crippen LogP contribution in [-0.4, -0.2) is 26.5 Å². The Labute approximate surface area is 114 Å². The molecule has 2 aromatic rings. The fourth-order valence-electron chi connectivity index (χ4n) is 1.61. The van der Waals surface area contributed by atoms with Crippen molar-refractivity contribution in [2.24, 2.45) is 0 Å². The molecule has 0 fully saturated rings. The van der Waals surface area contributed by atoms with Crippen LogP contribution in [0.15, 0.2) is 34.9 Å². The van der Waals surface area contributed by atoms with Gasteiger partial charge in [-0.25, -0.2) is 4.79 Å². The molecule has 0 atom stereocenters. The number of hydrogen-bond donors (Lipinski definition) is 0. The Hall–Kier alpha value is -2.76. The van der Waals surface area contributed by atoms with Crippen LogP contribution in [0.3, 0.4) is 0 Å². The molecule has 0 N–H and O–H groups in total. The molecule has 0 spiro atoms. The van der Waals surface area contributed by atoms with Crippen molar-refractivity contribution in [3.8, 4) is 17.2 Å². The molecule has 0 unspecified atom stereocenters. The first kappa shape index (κ1) is 13.7. The summed E-state index contributed by atoms with van der Waals surface area (Å²) in [5.41, 5.74) is 0.344. The normalized spacial score (nSPS) is 9.90. The van der Waals surface area contributed by atoms with E-state index in [0.717, 1.165) is 0 Å². The Bertz CT molecular complexity index is 590. The van der Waals surface area contributed by atoms with E-state index in [0.29, 0.717) is 11.8 Å². The van der Waals surface area contributed by atoms with Gasteiger partial charge >= 0.3 is 5.97 Å². The lowest BCUT2D eigenvalue weighted by molar-refractivity contribution is 0.0691. The Morgan fingerprint density at radius 2 is 1.85 bits per heavy atom. The number of aldehydes is 1. The summed E-state index contributed by atoms with van der Waals surface area (Å²) < 4.78 is 20.4. The number of methoxy groups -OCH3 is 2. The number of carbonyl (C=O) groups is 2. The fraction of sp³-hybridized carbons (Fsp3) is 0.143. The van der Waals surface area contributed by atoms with Crippen LogP contribution < -0.4 is 14.2 Å². The minimum atomic E-state index is -0.689. The van der Waals surface area contributed by atoms with Gasteiger partial charge in [0.15, 0.2) is 11.5 Å². The lowest BCUT2D eigenvalue weighted by Gasteiger charge is -2.13. The van der Waals surface area contributed by atoms with E-state index in [1.165, 1.54) is 38.7 Å². The summed E-state index contributed by atoms with van der Waals surface area (Å²) in [7, 11) is 2.79. The summed E-state index contributed by atoms with van der Waals surface area (Å²) in [6.45, 7) is 0. The highest BCUT2D eigenvalue weighted by atomic mass is 16.6. The van der Waals surface area contributed by atoms with E-state index in [-0.39, 0.29) is 23.0 Å². The average molecular weight is 276 g/mol. The van der Waals surface area contributed by atoms with Gasteiger partial charge in [-0.1, -0.05) is 0 Å². The van der Waals surface area contributed by atoms with Crippen LogP contribution in [-0.2, 0) is 0 Å². The van der Waals surface area contributed by atoms with E-state index in [1.54, 1.807) is 6.07 Å². The third-order valence-electron chi connectivity index (χ3n) is 2.54. The van der Waals surface area contributed by atoms with E-state index in [9.17, 15) is 9.59 Å². The van der Waals surface area contributed by atoms with Gasteiger partial charge in [0.05, 0.1) is 20.5 Å². The Kier molecular flexibility index (Phi) is 4.05. The maximum absolute atomic E-state index is 11.9. The van der Waals surface area contributed by atoms with Gasteiger partial charge < -0.3 is 18.6 Å². The molecule has 0 saturated heterocycles. The highest BCUT2D eigenvalue weighted by Gasteiger charge is 2.20. The van der Waals surface area contributed by atoms with Crippen molar-refractivity contribution in [3.05, 3.63) is 41.9 Å². The summed E-state index contributed by atoms with van der Waals surface area (Å²) in [5.74, 6) is -0.126. The van der Waals surface area contributed by atoms with Crippen LogP contribution in [0.5, 0.6) is 17.2 Å². The van der Waals surface area contributed by atoms with Gasteiger partial charge in [0.25, 0.3) is 0 Å². The monoisotopic (exact) mass is 276 g/mol. The first-order valence-corrected chi connectivity index (χ1v) is 5.66. The second-order valence-corrected chi connectivity index (χ2v) is 3.74. The van der Waals surface area contributed by atoms with Crippen molar-refractivity contribution in [2.75, 3.05) is 14.2 Å². The van der Waals surface area contributed by atoms with Gasteiger partial charge in [-0.05, 0) is 24.3 Å². The number of hydrogen-bond acceptors (Lipinski definition) is 6. The molecular formula is C14H12O6. The lowest BCUT2D eigenvalue weighted by atomic mass is 10.2. The van der Waals surface area contributed by atoms with Gasteiger partial charge in [0.2, 0.25) is 11.5 Å². The third kappa shape index (κ3) is 2.64. The molecule has 104 valence electrons. The average Bonchev–Trinajstić information content (AvgIpc) is 3.01. The van der Waals surface area contributed by atoms with Crippen LogP contribution in [0.2, 0.25) is 0 Å². The predicted octanol–water partition coefficient (Wildman–Crippen LogP) is 2.33. The molecule has 2 rings (SSSR count). The van der Waals surface area contributed by atoms with Crippen LogP contribution in [0.25, 0.3) is 0 Å². The fourth-order valence-corrected chi connectivity index (χ4v) is 1.61. The zero-order valence-electron chi connectivity index (χ0n) is 10.9. The van der Waals surface area contributed by atoms with Crippen LogP contribution in [0.1, 0.15) is 20.9 Å². The second-order valence-electron chi connectivity index (χ2n) is 3.74. The first-order valence-electron chi connectivity index (χ1n) is 5.66. The first-order chi connectivity index (χ1) is 9.69. The number of rotatable bonds is 5. The Morgan fingerprint density at radius 3 is 2.30 bits per heavy atom.